The Balaban J connectivity index is 2.69. The molecule has 12 heavy (non-hydrogen) atoms. The van der Waals surface area contributed by atoms with Gasteiger partial charge in [0.2, 0.25) is 0 Å². The van der Waals surface area contributed by atoms with Crippen LogP contribution < -0.4 is 0 Å². The van der Waals surface area contributed by atoms with Gasteiger partial charge in [0.15, 0.2) is 0 Å². The highest BCUT2D eigenvalue weighted by Crippen LogP contribution is 2.35. The molecule has 0 atom stereocenters. The molecule has 0 aliphatic carbocycles. The van der Waals surface area contributed by atoms with E-state index in [4.69, 9.17) is 0 Å². The van der Waals surface area contributed by atoms with Crippen molar-refractivity contribution in [2.75, 3.05) is 0 Å². The molecule has 0 spiro atoms. The Kier molecular flexibility index (Phi) is 1.93. The third-order valence-electron chi connectivity index (χ3n) is 1.29. The molecule has 0 radical (unpaired) electrons. The van der Waals surface area contributed by atoms with Gasteiger partial charge in [-0.1, -0.05) is 0 Å². The second kappa shape index (κ2) is 2.95. The molecule has 1 aromatic rings. The molecule has 0 N–H and O–H groups in total. The van der Waals surface area contributed by atoms with Gasteiger partial charge in [-0.3, -0.25) is 0 Å². The Hall–Kier alpha value is -0.750. The van der Waals surface area contributed by atoms with E-state index >= 15 is 0 Å². The Morgan fingerprint density at radius 1 is 1.25 bits per heavy atom. The third kappa shape index (κ3) is 1.27. The lowest BCUT2D eigenvalue weighted by Gasteiger charge is -2.03. The summed E-state index contributed by atoms with van der Waals surface area (Å²) in [5, 5.41) is 0. The van der Waals surface area contributed by atoms with Crippen molar-refractivity contribution in [1.82, 2.24) is 0 Å². The van der Waals surface area contributed by atoms with Crippen molar-refractivity contribution in [3.05, 3.63) is 23.8 Å². The van der Waals surface area contributed by atoms with E-state index in [9.17, 15) is 8.78 Å². The molecule has 0 saturated heterocycles. The first-order valence-electron chi connectivity index (χ1n) is 3.01. The molecule has 1 aliphatic rings. The minimum atomic E-state index is -0.613. The summed E-state index contributed by atoms with van der Waals surface area (Å²) in [4.78, 5) is 0.287. The average Bonchev–Trinajstić information content (AvgIpc) is 2.04. The SMILES string of the molecule is Fc1cc(F)c2c(c1)N=S=NS2. The molecule has 62 valence electrons. The van der Waals surface area contributed by atoms with Crippen molar-refractivity contribution in [3.63, 3.8) is 0 Å². The number of rotatable bonds is 0. The number of hydrogen-bond donors (Lipinski definition) is 0. The van der Waals surface area contributed by atoms with Crippen molar-refractivity contribution < 1.29 is 8.78 Å². The van der Waals surface area contributed by atoms with Crippen LogP contribution in [0, 0.1) is 11.6 Å². The lowest BCUT2D eigenvalue weighted by atomic mass is 10.3. The van der Waals surface area contributed by atoms with Crippen LogP contribution in [0.2, 0.25) is 0 Å². The first-order chi connectivity index (χ1) is 5.77. The van der Waals surface area contributed by atoms with E-state index in [-0.39, 0.29) is 4.90 Å². The van der Waals surface area contributed by atoms with Gasteiger partial charge < -0.3 is 0 Å². The fourth-order valence-corrected chi connectivity index (χ4v) is 2.02. The molecule has 0 unspecified atom stereocenters. The van der Waals surface area contributed by atoms with Crippen LogP contribution in [0.1, 0.15) is 0 Å². The number of benzene rings is 1. The van der Waals surface area contributed by atoms with E-state index in [2.05, 4.69) is 8.13 Å². The van der Waals surface area contributed by atoms with Gasteiger partial charge in [-0.25, -0.2) is 8.78 Å². The van der Waals surface area contributed by atoms with E-state index in [0.29, 0.717) is 5.69 Å². The van der Waals surface area contributed by atoms with Gasteiger partial charge in [0.05, 0.1) is 21.9 Å². The maximum Gasteiger partial charge on any atom is 0.143 e. The first-order valence-corrected chi connectivity index (χ1v) is 4.51. The van der Waals surface area contributed by atoms with Crippen molar-refractivity contribution >= 4 is 29.0 Å². The largest absolute Gasteiger partial charge is 0.207 e. The van der Waals surface area contributed by atoms with E-state index in [1.54, 1.807) is 0 Å². The lowest BCUT2D eigenvalue weighted by Crippen LogP contribution is -1.85. The highest BCUT2D eigenvalue weighted by Gasteiger charge is 2.13. The second-order valence-corrected chi connectivity index (χ2v) is 3.61. The maximum absolute atomic E-state index is 12.9. The molecule has 6 heteroatoms. The molecular formula is C6H2F2N2S2. The molecular weight excluding hydrogens is 202 g/mol. The lowest BCUT2D eigenvalue weighted by molar-refractivity contribution is 0.567. The van der Waals surface area contributed by atoms with Crippen LogP contribution in [0.5, 0.6) is 0 Å². The van der Waals surface area contributed by atoms with E-state index in [0.717, 1.165) is 29.4 Å². The fourth-order valence-electron chi connectivity index (χ4n) is 0.820. The molecule has 0 bridgehead atoms. The Morgan fingerprint density at radius 3 is 2.92 bits per heavy atom. The molecule has 2 rings (SSSR count). The van der Waals surface area contributed by atoms with Gasteiger partial charge in [-0.05, 0) is 0 Å². The molecule has 0 aromatic heterocycles. The molecule has 1 aliphatic heterocycles. The van der Waals surface area contributed by atoms with Crippen LogP contribution >= 0.6 is 11.9 Å². The van der Waals surface area contributed by atoms with Crippen molar-refractivity contribution in [2.45, 2.75) is 4.90 Å². The summed E-state index contributed by atoms with van der Waals surface area (Å²) >= 11 is 1.91. The van der Waals surface area contributed by atoms with Crippen LogP contribution in [0.4, 0.5) is 14.5 Å². The summed E-state index contributed by atoms with van der Waals surface area (Å²) in [6, 6.07) is 2.01. The number of fused-ring (bicyclic) bond motifs is 1. The van der Waals surface area contributed by atoms with Gasteiger partial charge in [0, 0.05) is 24.1 Å². The predicted octanol–water partition coefficient (Wildman–Crippen LogP) is 3.07. The molecule has 1 aromatic carbocycles. The van der Waals surface area contributed by atoms with E-state index in [1.165, 1.54) is 6.07 Å². The van der Waals surface area contributed by atoms with Gasteiger partial charge in [-0.2, -0.15) is 4.36 Å². The normalized spacial score (nSPS) is 13.8. The van der Waals surface area contributed by atoms with Crippen molar-refractivity contribution in [2.24, 2.45) is 8.13 Å². The van der Waals surface area contributed by atoms with Crippen LogP contribution in [0.3, 0.4) is 0 Å². The van der Waals surface area contributed by atoms with Crippen molar-refractivity contribution in [3.8, 4) is 0 Å². The Labute approximate surface area is 75.0 Å². The minimum absolute atomic E-state index is 0.287. The van der Waals surface area contributed by atoms with Crippen LogP contribution in [-0.2, 0) is 11.4 Å². The summed E-state index contributed by atoms with van der Waals surface area (Å²) < 4.78 is 33.0. The number of hydrogen-bond acceptors (Lipinski definition) is 3. The molecule has 0 saturated carbocycles. The van der Waals surface area contributed by atoms with Crippen molar-refractivity contribution in [1.29, 1.82) is 0 Å². The molecule has 0 amide bonds. The summed E-state index contributed by atoms with van der Waals surface area (Å²) in [5.74, 6) is -1.22. The van der Waals surface area contributed by atoms with E-state index in [1.807, 2.05) is 0 Å². The van der Waals surface area contributed by atoms with Crippen LogP contribution in [-0.4, -0.2) is 0 Å². The molecule has 2 nitrogen and oxygen atoms in total. The zero-order valence-corrected chi connectivity index (χ0v) is 7.25. The Bertz CT molecular complexity index is 399. The maximum atomic E-state index is 12.9. The van der Waals surface area contributed by atoms with Gasteiger partial charge in [0.25, 0.3) is 0 Å². The predicted molar refractivity (Wildman–Crippen MR) is 44.1 cm³/mol. The monoisotopic (exact) mass is 204 g/mol. The highest BCUT2D eigenvalue weighted by atomic mass is 32.2. The zero-order valence-electron chi connectivity index (χ0n) is 5.62. The van der Waals surface area contributed by atoms with Gasteiger partial charge in [0.1, 0.15) is 11.6 Å². The first kappa shape index (κ1) is 7.88. The smallest absolute Gasteiger partial charge is 0.143 e. The quantitative estimate of drug-likeness (QED) is 0.596. The van der Waals surface area contributed by atoms with E-state index < -0.39 is 11.6 Å². The fraction of sp³-hybridized carbons (Fsp3) is 0. The zero-order chi connectivity index (χ0) is 8.55. The number of nitrogens with zero attached hydrogens (tertiary/aromatic N) is 2. The average molecular weight is 204 g/mol. The topological polar surface area (TPSA) is 24.7 Å². The summed E-state index contributed by atoms with van der Waals surface area (Å²) in [5.41, 5.74) is 0.317. The highest BCUT2D eigenvalue weighted by molar-refractivity contribution is 8.01. The second-order valence-electron chi connectivity index (χ2n) is 2.07. The molecule has 0 fully saturated rings. The van der Waals surface area contributed by atoms with Gasteiger partial charge >= 0.3 is 0 Å². The Morgan fingerprint density at radius 2 is 2.08 bits per heavy atom. The summed E-state index contributed by atoms with van der Waals surface area (Å²) in [7, 11) is 0. The summed E-state index contributed by atoms with van der Waals surface area (Å²) in [6.07, 6.45) is 0. The third-order valence-corrected chi connectivity index (χ3v) is 2.72. The summed E-state index contributed by atoms with van der Waals surface area (Å²) in [6.45, 7) is 0. The van der Waals surface area contributed by atoms with Crippen LogP contribution in [0.25, 0.3) is 0 Å². The standard InChI is InChI=1S/C6H2F2N2S2/c7-3-1-4(8)6-5(2-3)9-12-10-11-6/h1-2H. The minimum Gasteiger partial charge on any atom is -0.207 e. The van der Waals surface area contributed by atoms with Gasteiger partial charge in [-0.15, -0.1) is 3.77 Å². The molecule has 1 heterocycles. The van der Waals surface area contributed by atoms with Crippen LogP contribution in [0.15, 0.2) is 25.2 Å². The number of halogens is 2.